The predicted octanol–water partition coefficient (Wildman–Crippen LogP) is 2.23. The van der Waals surface area contributed by atoms with Crippen LogP contribution in [-0.4, -0.2) is 25.5 Å². The van der Waals surface area contributed by atoms with Gasteiger partial charge in [0.15, 0.2) is 0 Å². The van der Waals surface area contributed by atoms with Gasteiger partial charge in [-0.25, -0.2) is 8.42 Å². The zero-order chi connectivity index (χ0) is 13.8. The van der Waals surface area contributed by atoms with Crippen LogP contribution in [0.3, 0.4) is 0 Å². The van der Waals surface area contributed by atoms with Gasteiger partial charge in [-0.1, -0.05) is 36.8 Å². The molecule has 0 aliphatic heterocycles. The molecule has 0 aliphatic rings. The summed E-state index contributed by atoms with van der Waals surface area (Å²) in [7, 11) is -1.91. The van der Waals surface area contributed by atoms with E-state index in [1.165, 1.54) is 7.05 Å². The molecule has 0 saturated heterocycles. The Morgan fingerprint density at radius 1 is 1.44 bits per heavy atom. The molecule has 0 aliphatic carbocycles. The Morgan fingerprint density at radius 3 is 2.61 bits per heavy atom. The molecule has 4 nitrogen and oxygen atoms in total. The number of rotatable bonds is 5. The van der Waals surface area contributed by atoms with Crippen LogP contribution in [-0.2, 0) is 10.0 Å². The molecule has 0 amide bonds. The van der Waals surface area contributed by atoms with Crippen molar-refractivity contribution >= 4 is 10.0 Å². The van der Waals surface area contributed by atoms with Crippen LogP contribution in [0, 0.1) is 18.3 Å². The van der Waals surface area contributed by atoms with Crippen molar-refractivity contribution in [2.45, 2.75) is 26.3 Å². The van der Waals surface area contributed by atoms with Crippen molar-refractivity contribution < 1.29 is 8.42 Å². The van der Waals surface area contributed by atoms with Gasteiger partial charge in [0.1, 0.15) is 6.04 Å². The van der Waals surface area contributed by atoms with Gasteiger partial charge in [0.05, 0.1) is 11.8 Å². The average Bonchev–Trinajstić information content (AvgIpc) is 2.30. The van der Waals surface area contributed by atoms with Gasteiger partial charge in [0.25, 0.3) is 0 Å². The maximum absolute atomic E-state index is 12.0. The molecule has 0 saturated carbocycles. The minimum Gasteiger partial charge on any atom is -0.212 e. The van der Waals surface area contributed by atoms with Crippen LogP contribution in [0.5, 0.6) is 0 Å². The SMILES string of the molecule is CCCS(=O)(=O)N(C)C(C#N)c1cccc(C)c1. The summed E-state index contributed by atoms with van der Waals surface area (Å²) in [6, 6.07) is 8.65. The first-order chi connectivity index (χ1) is 8.42. The molecular weight excluding hydrogens is 248 g/mol. The molecule has 0 aromatic heterocycles. The van der Waals surface area contributed by atoms with Crippen LogP contribution in [0.15, 0.2) is 24.3 Å². The second-order valence-corrected chi connectivity index (χ2v) is 6.43. The van der Waals surface area contributed by atoms with Gasteiger partial charge in [-0.3, -0.25) is 0 Å². The van der Waals surface area contributed by atoms with Crippen molar-refractivity contribution in [3.05, 3.63) is 35.4 Å². The van der Waals surface area contributed by atoms with Crippen LogP contribution in [0.2, 0.25) is 0 Å². The van der Waals surface area contributed by atoms with Crippen LogP contribution >= 0.6 is 0 Å². The van der Waals surface area contributed by atoms with Gasteiger partial charge < -0.3 is 0 Å². The fraction of sp³-hybridized carbons (Fsp3) is 0.462. The molecule has 5 heteroatoms. The van der Waals surface area contributed by atoms with E-state index in [2.05, 4.69) is 6.07 Å². The lowest BCUT2D eigenvalue weighted by Crippen LogP contribution is -2.32. The van der Waals surface area contributed by atoms with Crippen molar-refractivity contribution in [1.29, 1.82) is 5.26 Å². The molecule has 1 unspecified atom stereocenters. The lowest BCUT2D eigenvalue weighted by molar-refractivity contribution is 0.431. The van der Waals surface area contributed by atoms with Gasteiger partial charge in [-0.15, -0.1) is 0 Å². The summed E-state index contributed by atoms with van der Waals surface area (Å²) >= 11 is 0. The molecule has 0 heterocycles. The Kier molecular flexibility index (Phi) is 4.88. The number of sulfonamides is 1. The third kappa shape index (κ3) is 3.31. The van der Waals surface area contributed by atoms with Crippen molar-refractivity contribution in [3.63, 3.8) is 0 Å². The Bertz CT molecular complexity index is 546. The number of hydrogen-bond donors (Lipinski definition) is 0. The second kappa shape index (κ2) is 5.98. The number of aryl methyl sites for hydroxylation is 1. The van der Waals surface area contributed by atoms with Crippen molar-refractivity contribution in [1.82, 2.24) is 4.31 Å². The second-order valence-electron chi connectivity index (χ2n) is 4.28. The summed E-state index contributed by atoms with van der Waals surface area (Å²) in [4.78, 5) is 0. The molecule has 0 fully saturated rings. The molecule has 1 aromatic carbocycles. The predicted molar refractivity (Wildman–Crippen MR) is 71.4 cm³/mol. The highest BCUT2D eigenvalue weighted by Crippen LogP contribution is 2.22. The lowest BCUT2D eigenvalue weighted by atomic mass is 10.1. The number of nitrogens with zero attached hydrogens (tertiary/aromatic N) is 2. The highest BCUT2D eigenvalue weighted by molar-refractivity contribution is 7.89. The minimum absolute atomic E-state index is 0.0630. The summed E-state index contributed by atoms with van der Waals surface area (Å²) in [6.45, 7) is 3.72. The Balaban J connectivity index is 3.09. The molecule has 18 heavy (non-hydrogen) atoms. The summed E-state index contributed by atoms with van der Waals surface area (Å²) in [5, 5.41) is 9.22. The largest absolute Gasteiger partial charge is 0.215 e. The van der Waals surface area contributed by atoms with E-state index in [1.54, 1.807) is 13.0 Å². The summed E-state index contributed by atoms with van der Waals surface area (Å²) in [5.41, 5.74) is 1.72. The zero-order valence-electron chi connectivity index (χ0n) is 10.9. The highest BCUT2D eigenvalue weighted by Gasteiger charge is 2.26. The Hall–Kier alpha value is -1.38. The van der Waals surface area contributed by atoms with Crippen molar-refractivity contribution in [3.8, 4) is 6.07 Å². The maximum Gasteiger partial charge on any atom is 0.215 e. The van der Waals surface area contributed by atoms with Gasteiger partial charge in [-0.2, -0.15) is 9.57 Å². The van der Waals surface area contributed by atoms with Crippen LogP contribution in [0.4, 0.5) is 0 Å². The number of nitriles is 1. The molecule has 1 atom stereocenters. The smallest absolute Gasteiger partial charge is 0.212 e. The first-order valence-corrected chi connectivity index (χ1v) is 7.45. The molecule has 0 N–H and O–H groups in total. The monoisotopic (exact) mass is 266 g/mol. The minimum atomic E-state index is -3.37. The zero-order valence-corrected chi connectivity index (χ0v) is 11.7. The van der Waals surface area contributed by atoms with Crippen molar-refractivity contribution in [2.75, 3.05) is 12.8 Å². The summed E-state index contributed by atoms with van der Waals surface area (Å²) < 4.78 is 25.1. The molecule has 98 valence electrons. The van der Waals surface area contributed by atoms with Gasteiger partial charge in [-0.05, 0) is 18.9 Å². The molecule has 1 aromatic rings. The Morgan fingerprint density at radius 2 is 2.11 bits per heavy atom. The number of hydrogen-bond acceptors (Lipinski definition) is 3. The fourth-order valence-electron chi connectivity index (χ4n) is 1.77. The van der Waals surface area contributed by atoms with E-state index in [4.69, 9.17) is 0 Å². The Labute approximate surface area is 109 Å². The van der Waals surface area contributed by atoms with Gasteiger partial charge in [0.2, 0.25) is 10.0 Å². The van der Waals surface area contributed by atoms with E-state index in [1.807, 2.05) is 25.1 Å². The first-order valence-electron chi connectivity index (χ1n) is 5.84. The highest BCUT2D eigenvalue weighted by atomic mass is 32.2. The summed E-state index contributed by atoms with van der Waals surface area (Å²) in [5.74, 6) is 0.0630. The quantitative estimate of drug-likeness (QED) is 0.821. The normalized spacial score (nSPS) is 13.3. The van der Waals surface area contributed by atoms with Crippen LogP contribution < -0.4 is 0 Å². The summed E-state index contributed by atoms with van der Waals surface area (Å²) in [6.07, 6.45) is 0.540. The fourth-order valence-corrected chi connectivity index (χ4v) is 3.06. The molecule has 0 bridgehead atoms. The third-order valence-corrected chi connectivity index (χ3v) is 4.76. The van der Waals surface area contributed by atoms with E-state index in [9.17, 15) is 13.7 Å². The number of benzene rings is 1. The van der Waals surface area contributed by atoms with Crippen LogP contribution in [0.1, 0.15) is 30.5 Å². The van der Waals surface area contributed by atoms with Crippen LogP contribution in [0.25, 0.3) is 0 Å². The van der Waals surface area contributed by atoms with E-state index in [0.717, 1.165) is 9.87 Å². The standard InChI is InChI=1S/C13H18N2O2S/c1-4-8-18(16,17)15(3)13(10-14)12-7-5-6-11(2)9-12/h5-7,9,13H,4,8H2,1-3H3. The first kappa shape index (κ1) is 14.7. The van der Waals surface area contributed by atoms with Gasteiger partial charge >= 0.3 is 0 Å². The lowest BCUT2D eigenvalue weighted by Gasteiger charge is -2.22. The molecule has 1 rings (SSSR count). The molecular formula is C13H18N2O2S. The van der Waals surface area contributed by atoms with E-state index in [0.29, 0.717) is 12.0 Å². The van der Waals surface area contributed by atoms with E-state index in [-0.39, 0.29) is 5.75 Å². The van der Waals surface area contributed by atoms with Crippen molar-refractivity contribution in [2.24, 2.45) is 0 Å². The van der Waals surface area contributed by atoms with E-state index >= 15 is 0 Å². The average molecular weight is 266 g/mol. The van der Waals surface area contributed by atoms with Gasteiger partial charge in [0, 0.05) is 7.05 Å². The maximum atomic E-state index is 12.0. The topological polar surface area (TPSA) is 61.2 Å². The van der Waals surface area contributed by atoms with E-state index < -0.39 is 16.1 Å². The molecule has 0 spiro atoms. The molecule has 0 radical (unpaired) electrons. The third-order valence-electron chi connectivity index (χ3n) is 2.74.